The minimum Gasteiger partial charge on any atom is -0.493 e. The van der Waals surface area contributed by atoms with Crippen molar-refractivity contribution < 1.29 is 43.3 Å². The third kappa shape index (κ3) is 8.52. The fourth-order valence-electron chi connectivity index (χ4n) is 5.38. The van der Waals surface area contributed by atoms with Gasteiger partial charge in [0.2, 0.25) is 0 Å². The van der Waals surface area contributed by atoms with Gasteiger partial charge in [-0.3, -0.25) is 9.59 Å². The molecule has 4 N–H and O–H groups in total. The Kier molecular flexibility index (Phi) is 11.0. The number of hydrogen-bond donors (Lipinski definition) is 4. The Bertz CT molecular complexity index is 2020. The molecule has 0 saturated carbocycles. The first-order valence-electron chi connectivity index (χ1n) is 16.2. The van der Waals surface area contributed by atoms with E-state index in [0.29, 0.717) is 42.9 Å². The molecule has 266 valence electrons. The minimum absolute atomic E-state index is 0.00302. The van der Waals surface area contributed by atoms with E-state index in [-0.39, 0.29) is 45.9 Å². The Balaban J connectivity index is 1.58. The first-order valence-corrected chi connectivity index (χ1v) is 17.1. The van der Waals surface area contributed by atoms with Crippen molar-refractivity contribution >= 4 is 46.9 Å². The fourth-order valence-corrected chi connectivity index (χ4v) is 6.35. The number of aromatic carboxylic acids is 1. The molecule has 13 nitrogen and oxygen atoms in total. The third-order valence-corrected chi connectivity index (χ3v) is 8.71. The Morgan fingerprint density at radius 3 is 2.43 bits per heavy atom. The van der Waals surface area contributed by atoms with Crippen molar-refractivity contribution in [1.82, 2.24) is 15.6 Å². The Morgan fingerprint density at radius 2 is 1.73 bits per heavy atom. The van der Waals surface area contributed by atoms with Crippen LogP contribution in [0.2, 0.25) is 0 Å². The van der Waals surface area contributed by atoms with Gasteiger partial charge in [-0.2, -0.15) is 0 Å². The van der Waals surface area contributed by atoms with Crippen LogP contribution in [0.4, 0.5) is 10.5 Å². The molecule has 0 saturated heterocycles. The van der Waals surface area contributed by atoms with Gasteiger partial charge in [0.25, 0.3) is 11.8 Å². The maximum absolute atomic E-state index is 14.3. The number of nitrogens with one attached hydrogen (secondary N) is 3. The van der Waals surface area contributed by atoms with Gasteiger partial charge in [-0.05, 0) is 86.2 Å². The number of esters is 1. The van der Waals surface area contributed by atoms with Gasteiger partial charge in [0.05, 0.1) is 25.0 Å². The lowest BCUT2D eigenvalue weighted by Gasteiger charge is -2.20. The number of ether oxygens (including phenoxy) is 3. The number of nitrogens with zero attached hydrogens (tertiary/aromatic N) is 1. The number of anilines is 1. The summed E-state index contributed by atoms with van der Waals surface area (Å²) in [5.74, 6) is -2.83. The van der Waals surface area contributed by atoms with E-state index in [1.54, 1.807) is 39.0 Å². The van der Waals surface area contributed by atoms with E-state index >= 15 is 0 Å². The van der Waals surface area contributed by atoms with Crippen LogP contribution in [-0.4, -0.2) is 65.8 Å². The number of rotatable bonds is 10. The smallest absolute Gasteiger partial charge is 0.407 e. The molecule has 2 aromatic heterocycles. The molecule has 2 aromatic carbocycles. The van der Waals surface area contributed by atoms with E-state index in [2.05, 4.69) is 20.9 Å². The Morgan fingerprint density at radius 1 is 0.941 bits per heavy atom. The number of carboxylic acid groups (broad SMARTS) is 1. The number of carboxylic acids is 1. The van der Waals surface area contributed by atoms with Crippen LogP contribution < -0.4 is 20.7 Å². The zero-order valence-electron chi connectivity index (χ0n) is 28.8. The summed E-state index contributed by atoms with van der Waals surface area (Å²) >= 11 is 1.49. The van der Waals surface area contributed by atoms with Gasteiger partial charge in [-0.1, -0.05) is 13.0 Å². The third-order valence-electron chi connectivity index (χ3n) is 7.72. The van der Waals surface area contributed by atoms with Crippen LogP contribution in [-0.2, 0) is 22.4 Å². The van der Waals surface area contributed by atoms with Gasteiger partial charge in [0, 0.05) is 46.6 Å². The van der Waals surface area contributed by atoms with Gasteiger partial charge in [-0.25, -0.2) is 19.4 Å². The van der Waals surface area contributed by atoms with Crippen molar-refractivity contribution in [2.45, 2.75) is 52.7 Å². The van der Waals surface area contributed by atoms with Crippen molar-refractivity contribution in [2.75, 3.05) is 25.6 Å². The molecule has 0 unspecified atom stereocenters. The molecule has 14 heteroatoms. The SMILES string of the molecule is CCCNC(=O)c1ccc(-c2cc3c(cc2C(=O)Nc2ccc(CNC(=O)OC(C)(C)C)cc2C(=O)O)-c2sccc2CCO3)c(C(=O)OC)n1. The molecular formula is C37H38N4O9S. The molecule has 4 aromatic rings. The number of carbonyl (C=O) groups is 5. The zero-order valence-corrected chi connectivity index (χ0v) is 29.6. The number of thiophene rings is 1. The number of benzene rings is 2. The standard InChI is InChI=1S/C37H38N4O9S/c1-6-13-38-33(43)28-10-8-22(30(40-28)35(46)48-5)23-18-29-26(31-21(11-14-49-29)12-15-51-31)17-24(23)32(42)41-27-9-7-20(16-25(27)34(44)45)19-39-36(47)50-37(2,3)4/h7-10,12,15-18H,6,11,13-14,19H2,1-5H3,(H,38,43)(H,39,47)(H,41,42)(H,44,45). The van der Waals surface area contributed by atoms with Crippen molar-refractivity contribution in [3.05, 3.63) is 87.6 Å². The van der Waals surface area contributed by atoms with E-state index in [1.807, 2.05) is 18.4 Å². The van der Waals surface area contributed by atoms with Crippen LogP contribution in [0.25, 0.3) is 21.6 Å². The lowest BCUT2D eigenvalue weighted by molar-refractivity contribution is 0.0521. The molecule has 5 rings (SSSR count). The summed E-state index contributed by atoms with van der Waals surface area (Å²) in [4.78, 5) is 69.9. The van der Waals surface area contributed by atoms with E-state index in [0.717, 1.165) is 10.4 Å². The van der Waals surface area contributed by atoms with Crippen molar-refractivity contribution in [1.29, 1.82) is 0 Å². The van der Waals surface area contributed by atoms with Crippen LogP contribution >= 0.6 is 11.3 Å². The molecule has 0 spiro atoms. The number of hydrogen-bond acceptors (Lipinski definition) is 10. The zero-order chi connectivity index (χ0) is 36.9. The summed E-state index contributed by atoms with van der Waals surface area (Å²) in [6.45, 7) is 7.85. The second-order valence-electron chi connectivity index (χ2n) is 12.6. The highest BCUT2D eigenvalue weighted by Crippen LogP contribution is 2.43. The maximum Gasteiger partial charge on any atom is 0.407 e. The van der Waals surface area contributed by atoms with E-state index < -0.39 is 35.4 Å². The van der Waals surface area contributed by atoms with Crippen molar-refractivity contribution in [3.8, 4) is 27.3 Å². The summed E-state index contributed by atoms with van der Waals surface area (Å²) in [5, 5.41) is 20.1. The quantitative estimate of drug-likeness (QED) is 0.136. The molecule has 0 radical (unpaired) electrons. The number of methoxy groups -OCH3 is 1. The molecular weight excluding hydrogens is 676 g/mol. The lowest BCUT2D eigenvalue weighted by atomic mass is 9.93. The Labute approximate surface area is 298 Å². The molecule has 0 atom stereocenters. The molecule has 0 bridgehead atoms. The van der Waals surface area contributed by atoms with Gasteiger partial charge in [-0.15, -0.1) is 11.3 Å². The summed E-state index contributed by atoms with van der Waals surface area (Å²) in [6.07, 6.45) is 0.668. The van der Waals surface area contributed by atoms with Crippen molar-refractivity contribution in [2.24, 2.45) is 0 Å². The van der Waals surface area contributed by atoms with E-state index in [1.165, 1.54) is 42.7 Å². The second-order valence-corrected chi connectivity index (χ2v) is 13.5. The van der Waals surface area contributed by atoms with Crippen LogP contribution in [0, 0.1) is 0 Å². The predicted octanol–water partition coefficient (Wildman–Crippen LogP) is 6.31. The monoisotopic (exact) mass is 714 g/mol. The normalized spacial score (nSPS) is 11.9. The first-order chi connectivity index (χ1) is 24.3. The topological polar surface area (TPSA) is 182 Å². The van der Waals surface area contributed by atoms with Gasteiger partial charge >= 0.3 is 18.0 Å². The average Bonchev–Trinajstić information content (AvgIpc) is 3.49. The summed E-state index contributed by atoms with van der Waals surface area (Å²) in [5.41, 5.74) is 1.53. The molecule has 0 fully saturated rings. The summed E-state index contributed by atoms with van der Waals surface area (Å²) in [6, 6.07) is 12.6. The Hall–Kier alpha value is -5.76. The lowest BCUT2D eigenvalue weighted by Crippen LogP contribution is -2.32. The molecule has 51 heavy (non-hydrogen) atoms. The van der Waals surface area contributed by atoms with Crippen LogP contribution in [0.3, 0.4) is 0 Å². The van der Waals surface area contributed by atoms with Crippen LogP contribution in [0.1, 0.15) is 86.9 Å². The van der Waals surface area contributed by atoms with Crippen molar-refractivity contribution in [3.63, 3.8) is 0 Å². The minimum atomic E-state index is -1.31. The predicted molar refractivity (Wildman–Crippen MR) is 191 cm³/mol. The molecule has 1 aliphatic heterocycles. The highest BCUT2D eigenvalue weighted by atomic mass is 32.1. The first kappa shape index (κ1) is 36.5. The summed E-state index contributed by atoms with van der Waals surface area (Å²) < 4.78 is 16.4. The van der Waals surface area contributed by atoms with E-state index in [9.17, 15) is 29.1 Å². The van der Waals surface area contributed by atoms with Gasteiger partial charge in [0.1, 0.15) is 17.0 Å². The maximum atomic E-state index is 14.3. The highest BCUT2D eigenvalue weighted by Gasteiger charge is 2.28. The second kappa shape index (κ2) is 15.4. The number of alkyl carbamates (subject to hydrolysis) is 1. The molecule has 3 amide bonds. The highest BCUT2D eigenvalue weighted by molar-refractivity contribution is 7.13. The number of carbonyl (C=O) groups excluding carboxylic acids is 4. The fraction of sp³-hybridized carbons (Fsp3) is 0.297. The van der Waals surface area contributed by atoms with Gasteiger partial charge < -0.3 is 35.3 Å². The number of fused-ring (bicyclic) bond motifs is 3. The number of aromatic nitrogens is 1. The molecule has 0 aliphatic carbocycles. The largest absolute Gasteiger partial charge is 0.493 e. The van der Waals surface area contributed by atoms with Crippen LogP contribution in [0.5, 0.6) is 5.75 Å². The van der Waals surface area contributed by atoms with Crippen LogP contribution in [0.15, 0.2) is 53.9 Å². The number of pyridine rings is 1. The average molecular weight is 715 g/mol. The molecule has 1 aliphatic rings. The number of amides is 3. The van der Waals surface area contributed by atoms with Gasteiger partial charge in [0.15, 0.2) is 5.69 Å². The summed E-state index contributed by atoms with van der Waals surface area (Å²) in [7, 11) is 1.18. The molecule has 3 heterocycles. The van der Waals surface area contributed by atoms with E-state index in [4.69, 9.17) is 14.2 Å².